The van der Waals surface area contributed by atoms with Crippen molar-refractivity contribution in [1.82, 2.24) is 0 Å². The highest BCUT2D eigenvalue weighted by Gasteiger charge is 2.20. The summed E-state index contributed by atoms with van der Waals surface area (Å²) in [5.74, 6) is -0.345. The van der Waals surface area contributed by atoms with E-state index in [2.05, 4.69) is 98.9 Å². The number of carbonyl (C=O) groups is 1. The quantitative estimate of drug-likeness (QED) is 0.0197. The van der Waals surface area contributed by atoms with Gasteiger partial charge in [-0.05, 0) is 89.9 Å². The average Bonchev–Trinajstić information content (AvgIpc) is 3.27. The number of phosphoric ester groups is 1. The fourth-order valence-electron chi connectivity index (χ4n) is 6.90. The minimum absolute atomic E-state index is 0.0196. The molecule has 376 valence electrons. The van der Waals surface area contributed by atoms with Crippen LogP contribution in [0.25, 0.3) is 0 Å². The SMILES string of the molecule is CC/C=C\C/C=C\C/C=C\C/C=C\C/C=C\CCCCCCCCCCCC(=O)OC(COCCCCCCCCCC/C=C\C/C=C\CCCCC)COP(=O)([O-])OCC[N+](C)(C)C. The molecule has 2 atom stereocenters. The number of quaternary nitrogens is 1. The normalized spacial score (nSPS) is 14.2. The number of rotatable bonds is 48. The number of unbranched alkanes of at least 4 members (excludes halogenated alkanes) is 20. The minimum Gasteiger partial charge on any atom is -0.756 e. The molecule has 0 aromatic carbocycles. The van der Waals surface area contributed by atoms with Crippen LogP contribution in [0.4, 0.5) is 0 Å². The summed E-state index contributed by atoms with van der Waals surface area (Å²) in [5.41, 5.74) is 0. The number of hydrogen-bond donors (Lipinski definition) is 0. The Morgan fingerprint density at radius 2 is 0.892 bits per heavy atom. The van der Waals surface area contributed by atoms with Crippen molar-refractivity contribution in [3.8, 4) is 0 Å². The van der Waals surface area contributed by atoms with Gasteiger partial charge in [0.15, 0.2) is 0 Å². The predicted molar refractivity (Wildman–Crippen MR) is 277 cm³/mol. The lowest BCUT2D eigenvalue weighted by molar-refractivity contribution is -0.870. The summed E-state index contributed by atoms with van der Waals surface area (Å²) in [6.07, 6.45) is 64.6. The van der Waals surface area contributed by atoms with Gasteiger partial charge in [0.2, 0.25) is 0 Å². The van der Waals surface area contributed by atoms with E-state index in [4.69, 9.17) is 18.5 Å². The van der Waals surface area contributed by atoms with Crippen LogP contribution in [-0.4, -0.2) is 70.7 Å². The second kappa shape index (κ2) is 48.1. The average molecular weight is 930 g/mol. The highest BCUT2D eigenvalue weighted by molar-refractivity contribution is 7.45. The molecule has 0 saturated heterocycles. The standard InChI is InChI=1S/C56H100NO7P/c1-6-8-10-12-14-16-18-20-22-24-26-27-28-29-30-31-32-33-35-37-39-41-43-45-47-49-56(58)64-55(54-63-65(59,60)62-52-50-57(3,4)5)53-61-51-48-46-44-42-40-38-36-34-25-23-21-19-17-15-13-11-9-7-2/h8,10,14-17,20-23,26-27,29-30,55H,6-7,9,11-13,18-19,24-25,28,31-54H2,1-5H3/b10-8-,16-14-,17-15-,22-20-,23-21-,27-26-,30-29-. The van der Waals surface area contributed by atoms with Gasteiger partial charge in [-0.15, -0.1) is 0 Å². The molecule has 0 amide bonds. The van der Waals surface area contributed by atoms with Crippen molar-refractivity contribution >= 4 is 13.8 Å². The molecule has 2 unspecified atom stereocenters. The third-order valence-corrected chi connectivity index (χ3v) is 11.9. The number of phosphoric acid groups is 1. The number of ether oxygens (including phenoxy) is 2. The Bertz CT molecular complexity index is 1310. The molecule has 0 aliphatic carbocycles. The van der Waals surface area contributed by atoms with Gasteiger partial charge in [-0.1, -0.05) is 195 Å². The van der Waals surface area contributed by atoms with E-state index in [0.29, 0.717) is 24.1 Å². The number of likely N-dealkylation sites (N-methyl/N-ethyl adjacent to an activating group) is 1. The molecule has 0 saturated carbocycles. The van der Waals surface area contributed by atoms with Crippen molar-refractivity contribution in [3.05, 3.63) is 85.1 Å². The first-order chi connectivity index (χ1) is 31.6. The molecule has 0 aliphatic heterocycles. The monoisotopic (exact) mass is 930 g/mol. The molecule has 0 spiro atoms. The van der Waals surface area contributed by atoms with Crippen LogP contribution in [-0.2, 0) is 27.9 Å². The third kappa shape index (κ3) is 52.5. The van der Waals surface area contributed by atoms with Crippen LogP contribution in [0.1, 0.15) is 206 Å². The van der Waals surface area contributed by atoms with Gasteiger partial charge >= 0.3 is 5.97 Å². The van der Waals surface area contributed by atoms with E-state index in [1.54, 1.807) is 0 Å². The molecule has 0 aliphatic rings. The van der Waals surface area contributed by atoms with E-state index in [9.17, 15) is 14.3 Å². The van der Waals surface area contributed by atoms with Crippen LogP contribution in [0.15, 0.2) is 85.1 Å². The lowest BCUT2D eigenvalue weighted by Crippen LogP contribution is -2.37. The number of esters is 1. The number of nitrogens with zero attached hydrogens (tertiary/aromatic N) is 1. The van der Waals surface area contributed by atoms with Crippen LogP contribution >= 0.6 is 7.82 Å². The molecular formula is C56H100NO7P. The van der Waals surface area contributed by atoms with Crippen LogP contribution in [0.5, 0.6) is 0 Å². The van der Waals surface area contributed by atoms with Gasteiger partial charge in [-0.3, -0.25) is 9.36 Å². The van der Waals surface area contributed by atoms with Crippen molar-refractivity contribution in [3.63, 3.8) is 0 Å². The maximum atomic E-state index is 12.8. The Labute approximate surface area is 401 Å². The van der Waals surface area contributed by atoms with Crippen LogP contribution in [0.3, 0.4) is 0 Å². The Hall–Kier alpha value is -2.32. The zero-order valence-corrected chi connectivity index (χ0v) is 43.6. The highest BCUT2D eigenvalue weighted by Crippen LogP contribution is 2.38. The molecule has 0 aromatic rings. The smallest absolute Gasteiger partial charge is 0.306 e. The Morgan fingerprint density at radius 3 is 1.34 bits per heavy atom. The first kappa shape index (κ1) is 62.7. The molecule has 8 nitrogen and oxygen atoms in total. The molecule has 0 heterocycles. The molecule has 0 N–H and O–H groups in total. The molecule has 65 heavy (non-hydrogen) atoms. The van der Waals surface area contributed by atoms with Crippen LogP contribution in [0.2, 0.25) is 0 Å². The van der Waals surface area contributed by atoms with Crippen molar-refractivity contribution < 1.29 is 37.3 Å². The van der Waals surface area contributed by atoms with Gasteiger partial charge in [-0.2, -0.15) is 0 Å². The fraction of sp³-hybridized carbons (Fsp3) is 0.732. The van der Waals surface area contributed by atoms with Gasteiger partial charge in [0.1, 0.15) is 19.3 Å². The summed E-state index contributed by atoms with van der Waals surface area (Å²) < 4.78 is 34.8. The summed E-state index contributed by atoms with van der Waals surface area (Å²) in [6.45, 7) is 5.25. The Kier molecular flexibility index (Phi) is 46.4. The summed E-state index contributed by atoms with van der Waals surface area (Å²) in [4.78, 5) is 25.2. The maximum absolute atomic E-state index is 12.8. The van der Waals surface area contributed by atoms with E-state index >= 15 is 0 Å². The molecule has 9 heteroatoms. The first-order valence-corrected chi connectivity index (χ1v) is 27.8. The Morgan fingerprint density at radius 1 is 0.492 bits per heavy atom. The van der Waals surface area contributed by atoms with E-state index in [0.717, 1.165) is 77.0 Å². The van der Waals surface area contributed by atoms with Crippen LogP contribution < -0.4 is 4.89 Å². The third-order valence-electron chi connectivity index (χ3n) is 10.9. The Balaban J connectivity index is 4.16. The van der Waals surface area contributed by atoms with Gasteiger partial charge in [0.05, 0.1) is 34.4 Å². The van der Waals surface area contributed by atoms with Crippen molar-refractivity contribution in [2.45, 2.75) is 213 Å². The fourth-order valence-corrected chi connectivity index (χ4v) is 7.63. The lowest BCUT2D eigenvalue weighted by Gasteiger charge is -2.28. The maximum Gasteiger partial charge on any atom is 0.306 e. The summed E-state index contributed by atoms with van der Waals surface area (Å²) >= 11 is 0. The van der Waals surface area contributed by atoms with E-state index in [1.807, 2.05) is 21.1 Å². The van der Waals surface area contributed by atoms with Crippen molar-refractivity contribution in [2.24, 2.45) is 0 Å². The topological polar surface area (TPSA) is 94.1 Å². The van der Waals surface area contributed by atoms with Gasteiger partial charge in [0.25, 0.3) is 7.82 Å². The zero-order valence-electron chi connectivity index (χ0n) is 42.7. The molecule has 0 radical (unpaired) electrons. The largest absolute Gasteiger partial charge is 0.756 e. The molecule has 0 fully saturated rings. The summed E-state index contributed by atoms with van der Waals surface area (Å²) in [7, 11) is 1.34. The van der Waals surface area contributed by atoms with E-state index < -0.39 is 13.9 Å². The van der Waals surface area contributed by atoms with E-state index in [1.165, 1.54) is 109 Å². The first-order valence-electron chi connectivity index (χ1n) is 26.3. The zero-order chi connectivity index (χ0) is 47.6. The highest BCUT2D eigenvalue weighted by atomic mass is 31.2. The number of allylic oxidation sites excluding steroid dienone is 14. The predicted octanol–water partition coefficient (Wildman–Crippen LogP) is 15.8. The van der Waals surface area contributed by atoms with Crippen molar-refractivity contribution in [1.29, 1.82) is 0 Å². The van der Waals surface area contributed by atoms with E-state index in [-0.39, 0.29) is 25.8 Å². The molecular weight excluding hydrogens is 830 g/mol. The second-order valence-electron chi connectivity index (χ2n) is 18.5. The minimum atomic E-state index is -4.54. The lowest BCUT2D eigenvalue weighted by atomic mass is 10.1. The number of carbonyl (C=O) groups excluding carboxylic acids is 1. The summed E-state index contributed by atoms with van der Waals surface area (Å²) in [5, 5.41) is 0. The van der Waals surface area contributed by atoms with Gasteiger partial charge < -0.3 is 27.9 Å². The van der Waals surface area contributed by atoms with Crippen molar-refractivity contribution in [2.75, 3.05) is 54.1 Å². The van der Waals surface area contributed by atoms with Crippen LogP contribution in [0, 0.1) is 0 Å². The van der Waals surface area contributed by atoms with Gasteiger partial charge in [0, 0.05) is 13.0 Å². The molecule has 0 bridgehead atoms. The summed E-state index contributed by atoms with van der Waals surface area (Å²) in [6, 6.07) is 0. The molecule has 0 aromatic heterocycles. The van der Waals surface area contributed by atoms with Gasteiger partial charge in [-0.25, -0.2) is 0 Å². The number of hydrogen-bond acceptors (Lipinski definition) is 7. The molecule has 0 rings (SSSR count). The second-order valence-corrected chi connectivity index (χ2v) is 19.9.